The van der Waals surface area contributed by atoms with Crippen LogP contribution < -0.4 is 10.1 Å². The van der Waals surface area contributed by atoms with Gasteiger partial charge in [0.25, 0.3) is 0 Å². The van der Waals surface area contributed by atoms with E-state index in [1.807, 2.05) is 49.4 Å². The third kappa shape index (κ3) is 6.90. The van der Waals surface area contributed by atoms with Crippen LogP contribution in [0.1, 0.15) is 32.6 Å². The molecular weight excluding hydrogens is 496 g/mol. The fraction of sp³-hybridized carbons (Fsp3) is 0.423. The zero-order valence-corrected chi connectivity index (χ0v) is 21.1. The predicted octanol–water partition coefficient (Wildman–Crippen LogP) is 5.57. The highest BCUT2D eigenvalue weighted by Gasteiger charge is 2.20. The van der Waals surface area contributed by atoms with E-state index in [1.165, 1.54) is 0 Å². The summed E-state index contributed by atoms with van der Waals surface area (Å²) in [6.07, 6.45) is 5.15. The van der Waals surface area contributed by atoms with Crippen LogP contribution in [-0.2, 0) is 9.53 Å². The molecule has 1 aliphatic rings. The first-order valence-electron chi connectivity index (χ1n) is 11.9. The zero-order valence-electron chi connectivity index (χ0n) is 19.5. The van der Waals surface area contributed by atoms with Crippen LogP contribution in [0.5, 0.6) is 5.75 Å². The molecule has 0 atom stereocenters. The number of rotatable bonds is 10. The average Bonchev–Trinajstić information content (AvgIpc) is 2.84. The highest BCUT2D eigenvalue weighted by atomic mass is 79.9. The van der Waals surface area contributed by atoms with Crippen molar-refractivity contribution in [1.29, 1.82) is 0 Å². The van der Waals surface area contributed by atoms with Crippen molar-refractivity contribution in [2.75, 3.05) is 38.2 Å². The van der Waals surface area contributed by atoms with Gasteiger partial charge < -0.3 is 19.7 Å². The van der Waals surface area contributed by atoms with Gasteiger partial charge in [-0.3, -0.25) is 4.79 Å². The normalized spacial score (nSPS) is 14.8. The fourth-order valence-corrected chi connectivity index (χ4v) is 4.60. The second kappa shape index (κ2) is 12.1. The number of nitrogens with zero attached hydrogens (tertiary/aromatic N) is 3. The SMILES string of the molecule is CCOC(=O)CCCN1CCC(COc2ccc3c(Nc4cccc(Br)c4)ncnc3c2)CC1. The lowest BCUT2D eigenvalue weighted by Gasteiger charge is -2.31. The molecule has 0 saturated carbocycles. The summed E-state index contributed by atoms with van der Waals surface area (Å²) >= 11 is 3.50. The molecule has 1 aliphatic heterocycles. The van der Waals surface area contributed by atoms with Crippen molar-refractivity contribution >= 4 is 44.3 Å². The Morgan fingerprint density at radius 2 is 2.03 bits per heavy atom. The Hall–Kier alpha value is -2.71. The van der Waals surface area contributed by atoms with Crippen molar-refractivity contribution in [1.82, 2.24) is 14.9 Å². The largest absolute Gasteiger partial charge is 0.493 e. The molecule has 0 aliphatic carbocycles. The van der Waals surface area contributed by atoms with Gasteiger partial charge in [0.15, 0.2) is 0 Å². The highest BCUT2D eigenvalue weighted by molar-refractivity contribution is 9.10. The van der Waals surface area contributed by atoms with Gasteiger partial charge >= 0.3 is 5.97 Å². The number of esters is 1. The third-order valence-electron chi connectivity index (χ3n) is 6.05. The van der Waals surface area contributed by atoms with Crippen LogP contribution in [0.15, 0.2) is 53.3 Å². The summed E-state index contributed by atoms with van der Waals surface area (Å²) in [6.45, 7) is 6.05. The molecule has 1 fully saturated rings. The molecule has 180 valence electrons. The molecule has 0 spiro atoms. The molecular formula is C26H31BrN4O3. The Balaban J connectivity index is 1.26. The number of carbonyl (C=O) groups is 1. The summed E-state index contributed by atoms with van der Waals surface area (Å²) in [5.41, 5.74) is 1.81. The number of fused-ring (bicyclic) bond motifs is 1. The fourth-order valence-electron chi connectivity index (χ4n) is 4.20. The first kappa shape index (κ1) is 24.4. The van der Waals surface area contributed by atoms with E-state index >= 15 is 0 Å². The molecule has 34 heavy (non-hydrogen) atoms. The zero-order chi connectivity index (χ0) is 23.8. The van der Waals surface area contributed by atoms with Crippen LogP contribution >= 0.6 is 15.9 Å². The van der Waals surface area contributed by atoms with Gasteiger partial charge in [-0.1, -0.05) is 22.0 Å². The van der Waals surface area contributed by atoms with Crippen molar-refractivity contribution in [2.24, 2.45) is 5.92 Å². The monoisotopic (exact) mass is 526 g/mol. The van der Waals surface area contributed by atoms with Crippen molar-refractivity contribution in [3.8, 4) is 5.75 Å². The van der Waals surface area contributed by atoms with E-state index in [0.29, 0.717) is 25.6 Å². The molecule has 7 nitrogen and oxygen atoms in total. The summed E-state index contributed by atoms with van der Waals surface area (Å²) in [7, 11) is 0. The van der Waals surface area contributed by atoms with E-state index in [-0.39, 0.29) is 5.97 Å². The van der Waals surface area contributed by atoms with E-state index in [2.05, 4.69) is 36.1 Å². The number of anilines is 2. The molecule has 1 aromatic heterocycles. The Bertz CT molecular complexity index is 1100. The first-order chi connectivity index (χ1) is 16.6. The van der Waals surface area contributed by atoms with Gasteiger partial charge in [-0.15, -0.1) is 0 Å². The van der Waals surface area contributed by atoms with Gasteiger partial charge in [0.2, 0.25) is 0 Å². The minimum atomic E-state index is -0.0949. The lowest BCUT2D eigenvalue weighted by atomic mass is 9.97. The highest BCUT2D eigenvalue weighted by Crippen LogP contribution is 2.28. The Morgan fingerprint density at radius 1 is 1.18 bits per heavy atom. The topological polar surface area (TPSA) is 76.6 Å². The molecule has 2 aromatic carbocycles. The van der Waals surface area contributed by atoms with Crippen LogP contribution in [0.3, 0.4) is 0 Å². The summed E-state index contributed by atoms with van der Waals surface area (Å²) in [4.78, 5) is 22.8. The molecule has 0 radical (unpaired) electrons. The Morgan fingerprint density at radius 3 is 2.82 bits per heavy atom. The molecule has 1 N–H and O–H groups in total. The number of carbonyl (C=O) groups excluding carboxylic acids is 1. The van der Waals surface area contributed by atoms with Gasteiger partial charge in [-0.25, -0.2) is 9.97 Å². The molecule has 8 heteroatoms. The third-order valence-corrected chi connectivity index (χ3v) is 6.54. The van der Waals surface area contributed by atoms with Gasteiger partial charge in [0.1, 0.15) is 17.9 Å². The minimum absolute atomic E-state index is 0.0949. The van der Waals surface area contributed by atoms with Crippen LogP contribution in [0, 0.1) is 5.92 Å². The number of hydrogen-bond acceptors (Lipinski definition) is 7. The summed E-state index contributed by atoms with van der Waals surface area (Å²) in [6, 6.07) is 14.0. The van der Waals surface area contributed by atoms with E-state index in [9.17, 15) is 4.79 Å². The number of piperidine rings is 1. The molecule has 3 aromatic rings. The van der Waals surface area contributed by atoms with Gasteiger partial charge in [-0.05, 0) is 82.1 Å². The summed E-state index contributed by atoms with van der Waals surface area (Å²) in [5.74, 6) is 2.04. The van der Waals surface area contributed by atoms with E-state index in [1.54, 1.807) is 6.33 Å². The number of hydrogen-bond donors (Lipinski definition) is 1. The number of ether oxygens (including phenoxy) is 2. The van der Waals surface area contributed by atoms with Crippen LogP contribution in [-0.4, -0.2) is 53.7 Å². The van der Waals surface area contributed by atoms with Crippen molar-refractivity contribution in [3.63, 3.8) is 0 Å². The van der Waals surface area contributed by atoms with Crippen LogP contribution in [0.2, 0.25) is 0 Å². The summed E-state index contributed by atoms with van der Waals surface area (Å²) < 4.78 is 12.1. The standard InChI is InChI=1S/C26H31BrN4O3/c1-2-33-25(32)7-4-12-31-13-10-19(11-14-31)17-34-22-8-9-23-24(16-22)28-18-29-26(23)30-21-6-3-5-20(27)15-21/h3,5-6,8-9,15-16,18-19H,2,4,7,10-14,17H2,1H3,(H,28,29,30). The number of likely N-dealkylation sites (tertiary alicyclic amines) is 1. The lowest BCUT2D eigenvalue weighted by molar-refractivity contribution is -0.143. The maximum Gasteiger partial charge on any atom is 0.305 e. The average molecular weight is 527 g/mol. The second-order valence-corrected chi connectivity index (χ2v) is 9.46. The quantitative estimate of drug-likeness (QED) is 0.346. The van der Waals surface area contributed by atoms with Crippen molar-refractivity contribution < 1.29 is 14.3 Å². The van der Waals surface area contributed by atoms with Crippen molar-refractivity contribution in [2.45, 2.75) is 32.6 Å². The predicted molar refractivity (Wildman–Crippen MR) is 137 cm³/mol. The lowest BCUT2D eigenvalue weighted by Crippen LogP contribution is -2.36. The number of aromatic nitrogens is 2. The maximum absolute atomic E-state index is 11.5. The van der Waals surface area contributed by atoms with E-state index in [4.69, 9.17) is 9.47 Å². The van der Waals surface area contributed by atoms with Gasteiger partial charge in [0, 0.05) is 28.0 Å². The van der Waals surface area contributed by atoms with Crippen LogP contribution in [0.25, 0.3) is 10.9 Å². The molecule has 1 saturated heterocycles. The van der Waals surface area contributed by atoms with Crippen molar-refractivity contribution in [3.05, 3.63) is 53.3 Å². The second-order valence-electron chi connectivity index (χ2n) is 8.54. The molecule has 0 bridgehead atoms. The summed E-state index contributed by atoms with van der Waals surface area (Å²) in [5, 5.41) is 4.32. The van der Waals surface area contributed by atoms with E-state index in [0.717, 1.165) is 71.5 Å². The maximum atomic E-state index is 11.5. The number of halogens is 1. The van der Waals surface area contributed by atoms with Gasteiger partial charge in [-0.2, -0.15) is 0 Å². The number of nitrogens with one attached hydrogen (secondary N) is 1. The number of benzene rings is 2. The molecule has 0 unspecified atom stereocenters. The molecule has 0 amide bonds. The van der Waals surface area contributed by atoms with Crippen LogP contribution in [0.4, 0.5) is 11.5 Å². The molecule has 2 heterocycles. The first-order valence-corrected chi connectivity index (χ1v) is 12.7. The van der Waals surface area contributed by atoms with E-state index < -0.39 is 0 Å². The Labute approximate surface area is 209 Å². The van der Waals surface area contributed by atoms with Gasteiger partial charge in [0.05, 0.1) is 18.7 Å². The Kier molecular flexibility index (Phi) is 8.71. The minimum Gasteiger partial charge on any atom is -0.493 e. The molecule has 4 rings (SSSR count). The smallest absolute Gasteiger partial charge is 0.305 e.